The van der Waals surface area contributed by atoms with E-state index in [-0.39, 0.29) is 23.5 Å². The zero-order chi connectivity index (χ0) is 15.2. The van der Waals surface area contributed by atoms with E-state index in [9.17, 15) is 9.18 Å². The number of hydrogen-bond donors (Lipinski definition) is 0. The number of nitrogens with zero attached hydrogens (tertiary/aromatic N) is 1. The highest BCUT2D eigenvalue weighted by Gasteiger charge is 2.28. The number of rotatable bonds is 5. The van der Waals surface area contributed by atoms with E-state index >= 15 is 0 Å². The number of esters is 1. The van der Waals surface area contributed by atoms with E-state index in [1.165, 1.54) is 6.07 Å². The molecule has 1 aliphatic heterocycles. The van der Waals surface area contributed by atoms with Gasteiger partial charge in [0.15, 0.2) is 0 Å². The SMILES string of the molecule is CCOC(=O)CC(c1cccc(Cl)c1F)N1CCOCC1. The van der Waals surface area contributed by atoms with Crippen molar-refractivity contribution in [3.8, 4) is 0 Å². The highest BCUT2D eigenvalue weighted by atomic mass is 35.5. The molecule has 21 heavy (non-hydrogen) atoms. The van der Waals surface area contributed by atoms with Crippen LogP contribution in [0.5, 0.6) is 0 Å². The smallest absolute Gasteiger partial charge is 0.307 e. The number of ether oxygens (including phenoxy) is 2. The molecule has 0 aromatic heterocycles. The average Bonchev–Trinajstić information content (AvgIpc) is 2.49. The lowest BCUT2D eigenvalue weighted by molar-refractivity contribution is -0.145. The number of halogens is 2. The minimum Gasteiger partial charge on any atom is -0.466 e. The molecule has 0 radical (unpaired) electrons. The molecule has 1 fully saturated rings. The summed E-state index contributed by atoms with van der Waals surface area (Å²) in [7, 11) is 0. The van der Waals surface area contributed by atoms with E-state index in [1.54, 1.807) is 19.1 Å². The third kappa shape index (κ3) is 4.15. The van der Waals surface area contributed by atoms with Crippen molar-refractivity contribution < 1.29 is 18.7 Å². The molecule has 0 saturated carbocycles. The highest BCUT2D eigenvalue weighted by Crippen LogP contribution is 2.30. The maximum atomic E-state index is 14.3. The van der Waals surface area contributed by atoms with Crippen molar-refractivity contribution >= 4 is 17.6 Å². The van der Waals surface area contributed by atoms with Gasteiger partial charge < -0.3 is 9.47 Å². The van der Waals surface area contributed by atoms with Crippen LogP contribution in [0.15, 0.2) is 18.2 Å². The van der Waals surface area contributed by atoms with Gasteiger partial charge in [0.05, 0.1) is 31.3 Å². The summed E-state index contributed by atoms with van der Waals surface area (Å²) in [5.74, 6) is -0.812. The Labute approximate surface area is 128 Å². The zero-order valence-electron chi connectivity index (χ0n) is 12.0. The van der Waals surface area contributed by atoms with Crippen molar-refractivity contribution in [3.05, 3.63) is 34.6 Å². The molecule has 1 atom stereocenters. The molecule has 1 aliphatic rings. The molecule has 1 unspecified atom stereocenters. The molecule has 4 nitrogen and oxygen atoms in total. The van der Waals surface area contributed by atoms with E-state index in [0.29, 0.717) is 38.5 Å². The van der Waals surface area contributed by atoms with Crippen LogP contribution >= 0.6 is 11.6 Å². The van der Waals surface area contributed by atoms with Gasteiger partial charge in [0, 0.05) is 24.7 Å². The van der Waals surface area contributed by atoms with Crippen molar-refractivity contribution in [1.29, 1.82) is 0 Å². The predicted molar refractivity (Wildman–Crippen MR) is 77.8 cm³/mol. The van der Waals surface area contributed by atoms with Gasteiger partial charge in [0.25, 0.3) is 0 Å². The van der Waals surface area contributed by atoms with E-state index < -0.39 is 5.82 Å². The van der Waals surface area contributed by atoms with Gasteiger partial charge >= 0.3 is 5.97 Å². The zero-order valence-corrected chi connectivity index (χ0v) is 12.7. The second-order valence-electron chi connectivity index (χ2n) is 4.82. The van der Waals surface area contributed by atoms with Gasteiger partial charge in [0.1, 0.15) is 5.82 Å². The van der Waals surface area contributed by atoms with Crippen LogP contribution in [0.2, 0.25) is 5.02 Å². The van der Waals surface area contributed by atoms with Crippen molar-refractivity contribution in [3.63, 3.8) is 0 Å². The van der Waals surface area contributed by atoms with Gasteiger partial charge in [-0.15, -0.1) is 0 Å². The molecule has 116 valence electrons. The molecule has 6 heteroatoms. The third-order valence-corrected chi connectivity index (χ3v) is 3.78. The van der Waals surface area contributed by atoms with Crippen molar-refractivity contribution in [2.75, 3.05) is 32.9 Å². The van der Waals surface area contributed by atoms with E-state index in [2.05, 4.69) is 0 Å². The molecule has 1 aromatic rings. The van der Waals surface area contributed by atoms with E-state index in [4.69, 9.17) is 21.1 Å². The van der Waals surface area contributed by atoms with Crippen LogP contribution in [-0.4, -0.2) is 43.8 Å². The Morgan fingerprint density at radius 2 is 2.19 bits per heavy atom. The van der Waals surface area contributed by atoms with Gasteiger partial charge in [-0.25, -0.2) is 4.39 Å². The fraction of sp³-hybridized carbons (Fsp3) is 0.533. The summed E-state index contributed by atoms with van der Waals surface area (Å²) in [5, 5.41) is 0.0645. The molecule has 0 spiro atoms. The summed E-state index contributed by atoms with van der Waals surface area (Å²) in [6.45, 7) is 4.50. The Morgan fingerprint density at radius 3 is 2.86 bits per heavy atom. The second-order valence-corrected chi connectivity index (χ2v) is 5.22. The second kappa shape index (κ2) is 7.73. The Hall–Kier alpha value is -1.17. The average molecular weight is 316 g/mol. The number of carbonyl (C=O) groups is 1. The first-order valence-corrected chi connectivity index (χ1v) is 7.42. The predicted octanol–water partition coefficient (Wildman–Crippen LogP) is 2.81. The molecular formula is C15H19ClFNO3. The minimum atomic E-state index is -0.472. The highest BCUT2D eigenvalue weighted by molar-refractivity contribution is 6.30. The van der Waals surface area contributed by atoms with Crippen molar-refractivity contribution in [2.45, 2.75) is 19.4 Å². The Bertz CT molecular complexity index is 492. The normalized spacial score (nSPS) is 17.5. The van der Waals surface area contributed by atoms with Gasteiger partial charge in [0.2, 0.25) is 0 Å². The van der Waals surface area contributed by atoms with Gasteiger partial charge in [-0.3, -0.25) is 9.69 Å². The standard InChI is InChI=1S/C15H19ClFNO3/c1-2-21-14(19)10-13(18-6-8-20-9-7-18)11-4-3-5-12(16)15(11)17/h3-5,13H,2,6-10H2,1H3. The van der Waals surface area contributed by atoms with Gasteiger partial charge in [-0.2, -0.15) is 0 Å². The summed E-state index contributed by atoms with van der Waals surface area (Å²) >= 11 is 5.86. The summed E-state index contributed by atoms with van der Waals surface area (Å²) in [6.07, 6.45) is 0.102. The van der Waals surface area contributed by atoms with E-state index in [1.807, 2.05) is 4.90 Å². The first-order valence-electron chi connectivity index (χ1n) is 7.04. The van der Waals surface area contributed by atoms with E-state index in [0.717, 1.165) is 0 Å². The lowest BCUT2D eigenvalue weighted by Gasteiger charge is -2.34. The van der Waals surface area contributed by atoms with Crippen LogP contribution < -0.4 is 0 Å². The maximum Gasteiger partial charge on any atom is 0.307 e. The van der Waals surface area contributed by atoms with Crippen LogP contribution in [0.1, 0.15) is 24.9 Å². The van der Waals surface area contributed by atoms with Gasteiger partial charge in [-0.1, -0.05) is 23.7 Å². The first kappa shape index (κ1) is 16.2. The van der Waals surface area contributed by atoms with Crippen molar-refractivity contribution in [2.24, 2.45) is 0 Å². The van der Waals surface area contributed by atoms with Gasteiger partial charge in [-0.05, 0) is 13.0 Å². The molecule has 2 rings (SSSR count). The Balaban J connectivity index is 2.25. The quantitative estimate of drug-likeness (QED) is 0.783. The summed E-state index contributed by atoms with van der Waals surface area (Å²) in [6, 6.07) is 4.48. The van der Waals surface area contributed by atoms with Crippen LogP contribution in [0.3, 0.4) is 0 Å². The molecule has 0 aliphatic carbocycles. The number of carbonyl (C=O) groups excluding carboxylic acids is 1. The Kier molecular flexibility index (Phi) is 5.96. The molecule has 0 N–H and O–H groups in total. The Morgan fingerprint density at radius 1 is 1.48 bits per heavy atom. The molecule has 1 heterocycles. The third-order valence-electron chi connectivity index (χ3n) is 3.49. The molecule has 0 bridgehead atoms. The largest absolute Gasteiger partial charge is 0.466 e. The topological polar surface area (TPSA) is 38.8 Å². The number of hydrogen-bond acceptors (Lipinski definition) is 4. The monoisotopic (exact) mass is 315 g/mol. The fourth-order valence-electron chi connectivity index (χ4n) is 2.48. The lowest BCUT2D eigenvalue weighted by Crippen LogP contribution is -2.40. The molecule has 1 aromatic carbocycles. The summed E-state index contributed by atoms with van der Waals surface area (Å²) < 4.78 is 24.6. The molecular weight excluding hydrogens is 297 g/mol. The lowest BCUT2D eigenvalue weighted by atomic mass is 10.0. The molecule has 0 amide bonds. The maximum absolute atomic E-state index is 14.3. The number of benzene rings is 1. The summed E-state index contributed by atoms with van der Waals surface area (Å²) in [5.41, 5.74) is 0.428. The number of morpholine rings is 1. The van der Waals surface area contributed by atoms with Crippen LogP contribution in [0, 0.1) is 5.82 Å². The fourth-order valence-corrected chi connectivity index (χ4v) is 2.66. The minimum absolute atomic E-state index is 0.0645. The first-order chi connectivity index (χ1) is 10.1. The van der Waals surface area contributed by atoms with Crippen LogP contribution in [-0.2, 0) is 14.3 Å². The van der Waals surface area contributed by atoms with Crippen molar-refractivity contribution in [1.82, 2.24) is 4.90 Å². The summed E-state index contributed by atoms with van der Waals surface area (Å²) in [4.78, 5) is 13.9. The van der Waals surface area contributed by atoms with Crippen LogP contribution in [0.25, 0.3) is 0 Å². The van der Waals surface area contributed by atoms with Crippen LogP contribution in [0.4, 0.5) is 4.39 Å². The molecule has 1 saturated heterocycles.